The van der Waals surface area contributed by atoms with Crippen LogP contribution in [0.5, 0.6) is 0 Å². The maximum atomic E-state index is 12.8. The number of piperidine rings is 1. The number of ether oxygens (including phenoxy) is 2. The lowest BCUT2D eigenvalue weighted by atomic mass is 9.97. The molecule has 1 aromatic carbocycles. The molecule has 0 bridgehead atoms. The summed E-state index contributed by atoms with van der Waals surface area (Å²) in [6.07, 6.45) is 2.00. The number of hydrogen-bond donors (Lipinski definition) is 0. The van der Waals surface area contributed by atoms with Crippen molar-refractivity contribution in [3.63, 3.8) is 0 Å². The minimum atomic E-state index is -3.73. The number of esters is 1. The van der Waals surface area contributed by atoms with Gasteiger partial charge in [-0.25, -0.2) is 8.42 Å². The fraction of sp³-hybridized carbons (Fsp3) is 0.571. The minimum absolute atomic E-state index is 0.143. The van der Waals surface area contributed by atoms with Crippen LogP contribution in [0, 0.1) is 5.92 Å². The molecule has 0 N–H and O–H groups in total. The van der Waals surface area contributed by atoms with Crippen LogP contribution in [-0.4, -0.2) is 95.3 Å². The molecular weight excluding hydrogens is 438 g/mol. The summed E-state index contributed by atoms with van der Waals surface area (Å²) in [5.41, 5.74) is 0.754. The van der Waals surface area contributed by atoms with E-state index in [4.69, 9.17) is 9.47 Å². The van der Waals surface area contributed by atoms with Gasteiger partial charge < -0.3 is 19.3 Å². The van der Waals surface area contributed by atoms with Crippen molar-refractivity contribution < 1.29 is 32.3 Å². The Morgan fingerprint density at radius 2 is 1.62 bits per heavy atom. The molecule has 2 aliphatic heterocycles. The number of nitrogens with zero attached hydrogens (tertiary/aromatic N) is 3. The van der Waals surface area contributed by atoms with Gasteiger partial charge in [0, 0.05) is 31.7 Å². The van der Waals surface area contributed by atoms with Crippen molar-refractivity contribution in [3.8, 4) is 0 Å². The molecular formula is C21H29N3O7S. The summed E-state index contributed by atoms with van der Waals surface area (Å²) < 4.78 is 35.8. The Morgan fingerprint density at radius 3 is 2.16 bits per heavy atom. The van der Waals surface area contributed by atoms with Gasteiger partial charge >= 0.3 is 5.97 Å². The first-order chi connectivity index (χ1) is 15.2. The van der Waals surface area contributed by atoms with Crippen LogP contribution in [0.2, 0.25) is 0 Å². The van der Waals surface area contributed by atoms with Gasteiger partial charge in [-0.15, -0.1) is 0 Å². The van der Waals surface area contributed by atoms with Crippen LogP contribution in [0.3, 0.4) is 0 Å². The van der Waals surface area contributed by atoms with Crippen LogP contribution in [-0.2, 0) is 29.1 Å². The van der Waals surface area contributed by atoms with E-state index in [0.717, 1.165) is 10.6 Å². The lowest BCUT2D eigenvalue weighted by Gasteiger charge is -2.32. The Balaban J connectivity index is 1.67. The first-order valence-corrected chi connectivity index (χ1v) is 12.4. The Kier molecular flexibility index (Phi) is 7.73. The summed E-state index contributed by atoms with van der Waals surface area (Å²) >= 11 is 0. The van der Waals surface area contributed by atoms with Crippen molar-refractivity contribution in [3.05, 3.63) is 29.8 Å². The monoisotopic (exact) mass is 467 g/mol. The number of rotatable bonds is 6. The molecule has 2 heterocycles. The van der Waals surface area contributed by atoms with E-state index in [1.165, 1.54) is 19.2 Å². The van der Waals surface area contributed by atoms with Gasteiger partial charge in [-0.05, 0) is 37.1 Å². The van der Waals surface area contributed by atoms with Crippen LogP contribution >= 0.6 is 0 Å². The molecule has 0 saturated carbocycles. The molecule has 1 aromatic rings. The molecule has 0 spiro atoms. The molecule has 0 radical (unpaired) electrons. The van der Waals surface area contributed by atoms with E-state index < -0.39 is 10.0 Å². The van der Waals surface area contributed by atoms with Gasteiger partial charge in [-0.1, -0.05) is 0 Å². The van der Waals surface area contributed by atoms with Crippen molar-refractivity contribution in [2.45, 2.75) is 12.8 Å². The molecule has 2 fully saturated rings. The lowest BCUT2D eigenvalue weighted by Crippen LogP contribution is -2.46. The molecule has 0 aliphatic carbocycles. The van der Waals surface area contributed by atoms with E-state index >= 15 is 0 Å². The molecule has 2 saturated heterocycles. The fourth-order valence-electron chi connectivity index (χ4n) is 3.87. The number of carbonyl (C=O) groups is 3. The summed E-state index contributed by atoms with van der Waals surface area (Å²) in [5.74, 6) is -1.02. The lowest BCUT2D eigenvalue weighted by molar-refractivity contribution is -0.148. The van der Waals surface area contributed by atoms with Gasteiger partial charge in [-0.2, -0.15) is 0 Å². The normalized spacial score (nSPS) is 17.7. The average Bonchev–Trinajstić information content (AvgIpc) is 2.81. The highest BCUT2D eigenvalue weighted by molar-refractivity contribution is 7.92. The Labute approximate surface area is 188 Å². The highest BCUT2D eigenvalue weighted by atomic mass is 32.2. The predicted molar refractivity (Wildman–Crippen MR) is 117 cm³/mol. The molecule has 2 aliphatic rings. The second-order valence-corrected chi connectivity index (χ2v) is 9.81. The maximum absolute atomic E-state index is 12.8. The van der Waals surface area contributed by atoms with E-state index in [9.17, 15) is 22.8 Å². The van der Waals surface area contributed by atoms with Crippen LogP contribution < -0.4 is 4.31 Å². The highest BCUT2D eigenvalue weighted by Crippen LogP contribution is 2.22. The van der Waals surface area contributed by atoms with Gasteiger partial charge in [0.1, 0.15) is 6.54 Å². The smallest absolute Gasteiger partial charge is 0.308 e. The van der Waals surface area contributed by atoms with E-state index in [1.807, 2.05) is 0 Å². The molecule has 0 atom stereocenters. The molecule has 0 aromatic heterocycles. The third-order valence-corrected chi connectivity index (χ3v) is 6.90. The molecule has 11 heteroatoms. The average molecular weight is 468 g/mol. The summed E-state index contributed by atoms with van der Waals surface area (Å²) in [6, 6.07) is 6.20. The van der Waals surface area contributed by atoms with Crippen molar-refractivity contribution in [1.29, 1.82) is 0 Å². The standard InChI is InChI=1S/C21H29N3O7S/c1-30-21(27)17-7-9-22(10-8-17)19(25)15-24(32(2,28)29)18-5-3-16(4-6-18)20(26)23-11-13-31-14-12-23/h3-6,17H,7-15H2,1-2H3. The Hall–Kier alpha value is -2.66. The van der Waals surface area contributed by atoms with Gasteiger partial charge in [-0.3, -0.25) is 18.7 Å². The fourth-order valence-corrected chi connectivity index (χ4v) is 4.72. The number of hydrogen-bond acceptors (Lipinski definition) is 7. The van der Waals surface area contributed by atoms with Gasteiger partial charge in [0.15, 0.2) is 0 Å². The van der Waals surface area contributed by atoms with Crippen LogP contribution in [0.1, 0.15) is 23.2 Å². The number of anilines is 1. The largest absolute Gasteiger partial charge is 0.469 e. The zero-order chi connectivity index (χ0) is 23.3. The SMILES string of the molecule is COC(=O)C1CCN(C(=O)CN(c2ccc(C(=O)N3CCOCC3)cc2)S(C)(=O)=O)CC1. The molecule has 0 unspecified atom stereocenters. The third kappa shape index (κ3) is 5.77. The highest BCUT2D eigenvalue weighted by Gasteiger charge is 2.30. The predicted octanol–water partition coefficient (Wildman–Crippen LogP) is 0.337. The first kappa shape index (κ1) is 24.0. The first-order valence-electron chi connectivity index (χ1n) is 10.5. The van der Waals surface area contributed by atoms with Crippen LogP contribution in [0.25, 0.3) is 0 Å². The summed E-state index contributed by atoms with van der Waals surface area (Å²) in [5, 5.41) is 0. The minimum Gasteiger partial charge on any atom is -0.469 e. The zero-order valence-corrected chi connectivity index (χ0v) is 19.2. The van der Waals surface area contributed by atoms with E-state index in [2.05, 4.69) is 0 Å². The van der Waals surface area contributed by atoms with Crippen molar-refractivity contribution >= 4 is 33.5 Å². The summed E-state index contributed by atoms with van der Waals surface area (Å²) in [4.78, 5) is 40.3. The second-order valence-electron chi connectivity index (χ2n) is 7.90. The topological polar surface area (TPSA) is 114 Å². The van der Waals surface area contributed by atoms with Crippen molar-refractivity contribution in [1.82, 2.24) is 9.80 Å². The van der Waals surface area contributed by atoms with Gasteiger partial charge in [0.25, 0.3) is 5.91 Å². The molecule has 32 heavy (non-hydrogen) atoms. The number of likely N-dealkylation sites (tertiary alicyclic amines) is 1. The summed E-state index contributed by atoms with van der Waals surface area (Å²) in [7, 11) is -2.40. The van der Waals surface area contributed by atoms with Crippen molar-refractivity contribution in [2.24, 2.45) is 5.92 Å². The molecule has 2 amide bonds. The quantitative estimate of drug-likeness (QED) is 0.554. The third-order valence-electron chi connectivity index (χ3n) is 5.76. The van der Waals surface area contributed by atoms with E-state index in [1.54, 1.807) is 21.9 Å². The molecule has 10 nitrogen and oxygen atoms in total. The number of morpholine rings is 1. The van der Waals surface area contributed by atoms with Crippen LogP contribution in [0.4, 0.5) is 5.69 Å². The van der Waals surface area contributed by atoms with Crippen LogP contribution in [0.15, 0.2) is 24.3 Å². The summed E-state index contributed by atoms with van der Waals surface area (Å²) in [6.45, 7) is 2.38. The molecule has 176 valence electrons. The Morgan fingerprint density at radius 1 is 1.03 bits per heavy atom. The van der Waals surface area contributed by atoms with Gasteiger partial charge in [0.2, 0.25) is 15.9 Å². The zero-order valence-electron chi connectivity index (χ0n) is 18.4. The number of carbonyl (C=O) groups excluding carboxylic acids is 3. The number of benzene rings is 1. The number of amides is 2. The second kappa shape index (κ2) is 10.3. The number of methoxy groups -OCH3 is 1. The maximum Gasteiger partial charge on any atom is 0.308 e. The van der Waals surface area contributed by atoms with Crippen molar-refractivity contribution in [2.75, 3.05) is 63.6 Å². The van der Waals surface area contributed by atoms with Gasteiger partial charge in [0.05, 0.1) is 38.2 Å². The van der Waals surface area contributed by atoms with E-state index in [-0.39, 0.29) is 30.2 Å². The molecule has 3 rings (SSSR count). The van der Waals surface area contributed by atoms with E-state index in [0.29, 0.717) is 63.5 Å². The number of sulfonamides is 1. The Bertz CT molecular complexity index is 935.